The third-order valence-corrected chi connectivity index (χ3v) is 4.06. The standard InChI is InChI=1S/C15H19NO2/c1-2-18-11-4-5-12-10(9-11)3-7-14-13(12)6-8-15(17)16-14/h4-5,9,13-14H,2-3,6-8H2,1H3,(H,16,17). The number of piperidine rings is 1. The van der Waals surface area contributed by atoms with Crippen molar-refractivity contribution in [3.63, 3.8) is 0 Å². The molecular formula is C15H19NO2. The molecule has 18 heavy (non-hydrogen) atoms. The van der Waals surface area contributed by atoms with Crippen LogP contribution in [0, 0.1) is 0 Å². The van der Waals surface area contributed by atoms with E-state index in [2.05, 4.69) is 23.5 Å². The fraction of sp³-hybridized carbons (Fsp3) is 0.533. The molecule has 0 aromatic heterocycles. The summed E-state index contributed by atoms with van der Waals surface area (Å²) in [5.74, 6) is 1.68. The van der Waals surface area contributed by atoms with Gasteiger partial charge in [0.1, 0.15) is 5.75 Å². The first-order valence-corrected chi connectivity index (χ1v) is 6.83. The maximum Gasteiger partial charge on any atom is 0.220 e. The highest BCUT2D eigenvalue weighted by molar-refractivity contribution is 5.77. The highest BCUT2D eigenvalue weighted by Crippen LogP contribution is 2.38. The second-order valence-electron chi connectivity index (χ2n) is 5.15. The number of rotatable bonds is 2. The van der Waals surface area contributed by atoms with Crippen LogP contribution in [0.1, 0.15) is 43.2 Å². The number of carbonyl (C=O) groups is 1. The molecule has 2 atom stereocenters. The Labute approximate surface area is 108 Å². The molecule has 1 aliphatic heterocycles. The van der Waals surface area contributed by atoms with Crippen LogP contribution in [-0.4, -0.2) is 18.6 Å². The first kappa shape index (κ1) is 11.6. The van der Waals surface area contributed by atoms with E-state index in [4.69, 9.17) is 4.74 Å². The smallest absolute Gasteiger partial charge is 0.220 e. The topological polar surface area (TPSA) is 38.3 Å². The highest BCUT2D eigenvalue weighted by Gasteiger charge is 2.34. The van der Waals surface area contributed by atoms with Crippen molar-refractivity contribution in [2.24, 2.45) is 0 Å². The maximum atomic E-state index is 11.4. The Balaban J connectivity index is 1.88. The largest absolute Gasteiger partial charge is 0.494 e. The van der Waals surface area contributed by atoms with Crippen LogP contribution in [-0.2, 0) is 11.2 Å². The van der Waals surface area contributed by atoms with Crippen LogP contribution in [0.3, 0.4) is 0 Å². The number of carbonyl (C=O) groups excluding carboxylic acids is 1. The molecule has 1 heterocycles. The van der Waals surface area contributed by atoms with Gasteiger partial charge in [-0.15, -0.1) is 0 Å². The SMILES string of the molecule is CCOc1ccc2c(c1)CCC1NC(=O)CCC21. The molecule has 1 aromatic carbocycles. The molecule has 3 rings (SSSR count). The lowest BCUT2D eigenvalue weighted by Gasteiger charge is -2.37. The second kappa shape index (κ2) is 4.63. The van der Waals surface area contributed by atoms with Crippen molar-refractivity contribution in [1.82, 2.24) is 5.32 Å². The maximum absolute atomic E-state index is 11.4. The number of benzene rings is 1. The summed E-state index contributed by atoms with van der Waals surface area (Å²) in [7, 11) is 0. The van der Waals surface area contributed by atoms with E-state index in [1.54, 1.807) is 0 Å². The van der Waals surface area contributed by atoms with E-state index >= 15 is 0 Å². The van der Waals surface area contributed by atoms with Gasteiger partial charge in [0.2, 0.25) is 5.91 Å². The van der Waals surface area contributed by atoms with E-state index in [1.807, 2.05) is 6.92 Å². The number of ether oxygens (including phenoxy) is 1. The first-order chi connectivity index (χ1) is 8.78. The number of fused-ring (bicyclic) bond motifs is 3. The Morgan fingerprint density at radius 2 is 2.22 bits per heavy atom. The van der Waals surface area contributed by atoms with Crippen molar-refractivity contribution < 1.29 is 9.53 Å². The molecule has 2 aliphatic rings. The van der Waals surface area contributed by atoms with Crippen LogP contribution in [0.4, 0.5) is 0 Å². The molecule has 0 radical (unpaired) electrons. The first-order valence-electron chi connectivity index (χ1n) is 6.83. The monoisotopic (exact) mass is 245 g/mol. The molecule has 1 aliphatic carbocycles. The summed E-state index contributed by atoms with van der Waals surface area (Å²) in [6.45, 7) is 2.72. The molecule has 2 unspecified atom stereocenters. The Morgan fingerprint density at radius 3 is 3.06 bits per heavy atom. The van der Waals surface area contributed by atoms with Gasteiger partial charge in [0.15, 0.2) is 0 Å². The number of hydrogen-bond donors (Lipinski definition) is 1. The summed E-state index contributed by atoms with van der Waals surface area (Å²) < 4.78 is 5.56. The molecule has 1 amide bonds. The summed E-state index contributed by atoms with van der Waals surface area (Å²) >= 11 is 0. The van der Waals surface area contributed by atoms with Crippen LogP contribution in [0.25, 0.3) is 0 Å². The van der Waals surface area contributed by atoms with E-state index < -0.39 is 0 Å². The predicted octanol–water partition coefficient (Wildman–Crippen LogP) is 2.39. The minimum Gasteiger partial charge on any atom is -0.494 e. The molecule has 96 valence electrons. The highest BCUT2D eigenvalue weighted by atomic mass is 16.5. The van der Waals surface area contributed by atoms with Crippen LogP contribution in [0.2, 0.25) is 0 Å². The van der Waals surface area contributed by atoms with Gasteiger partial charge in [-0.1, -0.05) is 6.07 Å². The van der Waals surface area contributed by atoms with Crippen LogP contribution < -0.4 is 10.1 Å². The lowest BCUT2D eigenvalue weighted by molar-refractivity contribution is -0.123. The van der Waals surface area contributed by atoms with Crippen molar-refractivity contribution in [1.29, 1.82) is 0 Å². The van der Waals surface area contributed by atoms with E-state index in [0.29, 0.717) is 25.0 Å². The second-order valence-corrected chi connectivity index (χ2v) is 5.15. The summed E-state index contributed by atoms with van der Waals surface area (Å²) in [6.07, 6.45) is 3.74. The summed E-state index contributed by atoms with van der Waals surface area (Å²) in [5, 5.41) is 3.13. The molecule has 0 saturated carbocycles. The lowest BCUT2D eigenvalue weighted by atomic mass is 9.75. The minimum absolute atomic E-state index is 0.214. The van der Waals surface area contributed by atoms with Crippen molar-refractivity contribution in [2.45, 2.75) is 44.6 Å². The predicted molar refractivity (Wildman–Crippen MR) is 69.8 cm³/mol. The lowest BCUT2D eigenvalue weighted by Crippen LogP contribution is -2.45. The molecule has 1 saturated heterocycles. The van der Waals surface area contributed by atoms with Gasteiger partial charge in [0, 0.05) is 18.4 Å². The molecule has 1 aromatic rings. The number of aryl methyl sites for hydroxylation is 1. The molecule has 3 nitrogen and oxygen atoms in total. The average Bonchev–Trinajstić information content (AvgIpc) is 2.38. The molecule has 0 spiro atoms. The van der Waals surface area contributed by atoms with Gasteiger partial charge in [-0.2, -0.15) is 0 Å². The summed E-state index contributed by atoms with van der Waals surface area (Å²) in [6, 6.07) is 6.76. The quantitative estimate of drug-likeness (QED) is 0.869. The Morgan fingerprint density at radius 1 is 1.33 bits per heavy atom. The number of hydrogen-bond acceptors (Lipinski definition) is 2. The minimum atomic E-state index is 0.214. The van der Waals surface area contributed by atoms with Gasteiger partial charge in [-0.3, -0.25) is 4.79 Å². The third kappa shape index (κ3) is 1.98. The van der Waals surface area contributed by atoms with Gasteiger partial charge < -0.3 is 10.1 Å². The average molecular weight is 245 g/mol. The zero-order valence-corrected chi connectivity index (χ0v) is 10.7. The van der Waals surface area contributed by atoms with Gasteiger partial charge in [0.05, 0.1) is 6.61 Å². The van der Waals surface area contributed by atoms with Crippen LogP contribution in [0.15, 0.2) is 18.2 Å². The number of nitrogens with one attached hydrogen (secondary N) is 1. The fourth-order valence-electron chi connectivity index (χ4n) is 3.24. The Bertz CT molecular complexity index is 470. The van der Waals surface area contributed by atoms with Crippen molar-refractivity contribution in [3.8, 4) is 5.75 Å². The molecule has 3 heteroatoms. The fourth-order valence-corrected chi connectivity index (χ4v) is 3.24. The van der Waals surface area contributed by atoms with Gasteiger partial charge >= 0.3 is 0 Å². The van der Waals surface area contributed by atoms with Crippen molar-refractivity contribution in [2.75, 3.05) is 6.61 Å². The van der Waals surface area contributed by atoms with Crippen LogP contribution in [0.5, 0.6) is 5.75 Å². The molecular weight excluding hydrogens is 226 g/mol. The van der Waals surface area contributed by atoms with Gasteiger partial charge in [0.25, 0.3) is 0 Å². The molecule has 0 bridgehead atoms. The van der Waals surface area contributed by atoms with E-state index in [9.17, 15) is 4.79 Å². The van der Waals surface area contributed by atoms with E-state index in [0.717, 1.165) is 25.0 Å². The summed E-state index contributed by atoms with van der Waals surface area (Å²) in [4.78, 5) is 11.4. The third-order valence-electron chi connectivity index (χ3n) is 4.06. The van der Waals surface area contributed by atoms with Crippen molar-refractivity contribution in [3.05, 3.63) is 29.3 Å². The molecule has 1 N–H and O–H groups in total. The normalized spacial score (nSPS) is 25.9. The van der Waals surface area contributed by atoms with Crippen LogP contribution >= 0.6 is 0 Å². The molecule has 1 fully saturated rings. The zero-order valence-electron chi connectivity index (χ0n) is 10.7. The van der Waals surface area contributed by atoms with Crippen molar-refractivity contribution >= 4 is 5.91 Å². The Kier molecular flexibility index (Phi) is 2.98. The Hall–Kier alpha value is -1.51. The zero-order chi connectivity index (χ0) is 12.5. The van der Waals surface area contributed by atoms with Gasteiger partial charge in [-0.25, -0.2) is 0 Å². The van der Waals surface area contributed by atoms with E-state index in [1.165, 1.54) is 11.1 Å². The van der Waals surface area contributed by atoms with Gasteiger partial charge in [-0.05, 0) is 49.4 Å². The number of amides is 1. The van der Waals surface area contributed by atoms with E-state index in [-0.39, 0.29) is 5.91 Å². The summed E-state index contributed by atoms with van der Waals surface area (Å²) in [5.41, 5.74) is 2.81.